The summed E-state index contributed by atoms with van der Waals surface area (Å²) in [5, 5.41) is 12.2. The molecule has 0 spiro atoms. The van der Waals surface area contributed by atoms with Gasteiger partial charge in [0.1, 0.15) is 0 Å². The van der Waals surface area contributed by atoms with Crippen LogP contribution >= 0.6 is 0 Å². The van der Waals surface area contributed by atoms with E-state index in [2.05, 4.69) is 5.32 Å². The van der Waals surface area contributed by atoms with Crippen LogP contribution in [0.4, 0.5) is 10.5 Å². The van der Waals surface area contributed by atoms with E-state index in [1.165, 1.54) is 4.90 Å². The summed E-state index contributed by atoms with van der Waals surface area (Å²) in [6.07, 6.45) is 8.46. The molecular weight excluding hydrogens is 370 g/mol. The quantitative estimate of drug-likeness (QED) is 0.760. The van der Waals surface area contributed by atoms with Gasteiger partial charge in [-0.1, -0.05) is 19.3 Å². The molecule has 2 fully saturated rings. The van der Waals surface area contributed by atoms with Crippen molar-refractivity contribution in [3.8, 4) is 0 Å². The highest BCUT2D eigenvalue weighted by atomic mass is 16.3. The van der Waals surface area contributed by atoms with Crippen LogP contribution in [0.15, 0.2) is 18.2 Å². The minimum absolute atomic E-state index is 0.0122. The molecule has 2 aliphatic heterocycles. The minimum Gasteiger partial charge on any atom is -0.396 e. The summed E-state index contributed by atoms with van der Waals surface area (Å²) in [5.41, 5.74) is 1.33. The highest BCUT2D eigenvalue weighted by Gasteiger charge is 2.40. The van der Waals surface area contributed by atoms with E-state index in [9.17, 15) is 19.5 Å². The topological polar surface area (TPSA) is 90.0 Å². The van der Waals surface area contributed by atoms with E-state index in [-0.39, 0.29) is 36.5 Å². The van der Waals surface area contributed by atoms with E-state index < -0.39 is 0 Å². The number of aliphatic hydroxyl groups excluding tert-OH is 1. The van der Waals surface area contributed by atoms with E-state index in [0.717, 1.165) is 51.4 Å². The fourth-order valence-corrected chi connectivity index (χ4v) is 4.92. The molecule has 7 heteroatoms. The number of imide groups is 1. The SMILES string of the molecule is O=C(Nc1ccc2c(c1)C(=O)N(C1CCCCC1)C2=O)N1CCCCC1CCO. The predicted octanol–water partition coefficient (Wildman–Crippen LogP) is 3.38. The van der Waals surface area contributed by atoms with Crippen LogP contribution in [0.1, 0.15) is 78.5 Å². The van der Waals surface area contributed by atoms with Gasteiger partial charge >= 0.3 is 6.03 Å². The van der Waals surface area contributed by atoms with E-state index in [1.54, 1.807) is 23.1 Å². The molecule has 1 saturated heterocycles. The van der Waals surface area contributed by atoms with Crippen LogP contribution in [0.25, 0.3) is 0 Å². The number of hydrogen-bond donors (Lipinski definition) is 2. The molecule has 1 aromatic carbocycles. The van der Waals surface area contributed by atoms with E-state index in [4.69, 9.17) is 0 Å². The zero-order valence-electron chi connectivity index (χ0n) is 16.7. The van der Waals surface area contributed by atoms with Crippen molar-refractivity contribution in [2.45, 2.75) is 69.9 Å². The van der Waals surface area contributed by atoms with E-state index in [0.29, 0.717) is 29.8 Å². The fourth-order valence-electron chi connectivity index (χ4n) is 4.92. The van der Waals surface area contributed by atoms with Crippen molar-refractivity contribution in [1.82, 2.24) is 9.80 Å². The Balaban J connectivity index is 1.49. The Hall–Kier alpha value is -2.41. The van der Waals surface area contributed by atoms with Crippen LogP contribution in [0.5, 0.6) is 0 Å². The lowest BCUT2D eigenvalue weighted by atomic mass is 9.94. The molecule has 3 aliphatic rings. The molecule has 1 saturated carbocycles. The Kier molecular flexibility index (Phi) is 5.85. The van der Waals surface area contributed by atoms with Crippen LogP contribution in [0.2, 0.25) is 0 Å². The number of carbonyl (C=O) groups is 3. The number of nitrogens with zero attached hydrogens (tertiary/aromatic N) is 2. The number of urea groups is 1. The number of anilines is 1. The third-order valence-corrected chi connectivity index (χ3v) is 6.46. The van der Waals surface area contributed by atoms with Crippen molar-refractivity contribution in [1.29, 1.82) is 0 Å². The number of fused-ring (bicyclic) bond motifs is 1. The zero-order chi connectivity index (χ0) is 20.4. The normalized spacial score (nSPS) is 22.7. The first-order valence-electron chi connectivity index (χ1n) is 10.8. The van der Waals surface area contributed by atoms with Crippen molar-refractivity contribution in [2.75, 3.05) is 18.5 Å². The van der Waals surface area contributed by atoms with E-state index >= 15 is 0 Å². The summed E-state index contributed by atoms with van der Waals surface area (Å²) in [6, 6.07) is 4.77. The minimum atomic E-state index is -0.246. The second-order valence-corrected chi connectivity index (χ2v) is 8.32. The summed E-state index contributed by atoms with van der Waals surface area (Å²) in [7, 11) is 0. The van der Waals surface area contributed by atoms with Crippen LogP contribution in [-0.4, -0.2) is 58.0 Å². The molecular formula is C22H29N3O4. The highest BCUT2D eigenvalue weighted by Crippen LogP contribution is 2.32. The summed E-state index contributed by atoms with van der Waals surface area (Å²) in [6.45, 7) is 0.717. The fraction of sp³-hybridized carbons (Fsp3) is 0.591. The maximum atomic E-state index is 12.9. The number of rotatable bonds is 4. The molecule has 1 aliphatic carbocycles. The third-order valence-electron chi connectivity index (χ3n) is 6.46. The van der Waals surface area contributed by atoms with Crippen LogP contribution in [-0.2, 0) is 0 Å². The summed E-state index contributed by atoms with van der Waals surface area (Å²) in [4.78, 5) is 41.7. The lowest BCUT2D eigenvalue weighted by Crippen LogP contribution is -2.46. The standard InChI is InChI=1S/C22H29N3O4/c26-13-11-16-6-4-5-12-24(16)22(29)23-15-9-10-18-19(14-15)21(28)25(20(18)27)17-7-2-1-3-8-17/h9-10,14,16-17,26H,1-8,11-13H2,(H,23,29). The maximum absolute atomic E-state index is 12.9. The molecule has 156 valence electrons. The Bertz CT molecular complexity index is 801. The van der Waals surface area contributed by atoms with Gasteiger partial charge in [-0.3, -0.25) is 14.5 Å². The number of nitrogens with one attached hydrogen (secondary N) is 1. The summed E-state index contributed by atoms with van der Waals surface area (Å²) < 4.78 is 0. The molecule has 0 bridgehead atoms. The number of amides is 4. The smallest absolute Gasteiger partial charge is 0.322 e. The summed E-state index contributed by atoms with van der Waals surface area (Å²) in [5.74, 6) is -0.460. The molecule has 0 radical (unpaired) electrons. The molecule has 1 atom stereocenters. The lowest BCUT2D eigenvalue weighted by molar-refractivity contribution is 0.0549. The van der Waals surface area contributed by atoms with Crippen molar-refractivity contribution in [2.24, 2.45) is 0 Å². The van der Waals surface area contributed by atoms with Crippen molar-refractivity contribution < 1.29 is 19.5 Å². The van der Waals surface area contributed by atoms with Crippen LogP contribution < -0.4 is 5.32 Å². The molecule has 7 nitrogen and oxygen atoms in total. The number of hydrogen-bond acceptors (Lipinski definition) is 4. The average Bonchev–Trinajstić information content (AvgIpc) is 2.99. The maximum Gasteiger partial charge on any atom is 0.322 e. The molecule has 4 rings (SSSR count). The lowest BCUT2D eigenvalue weighted by Gasteiger charge is -2.35. The number of piperidine rings is 1. The molecule has 1 aromatic rings. The van der Waals surface area contributed by atoms with Gasteiger partial charge in [0, 0.05) is 30.9 Å². The first kappa shape index (κ1) is 19.9. The van der Waals surface area contributed by atoms with Crippen molar-refractivity contribution >= 4 is 23.5 Å². The van der Waals surface area contributed by atoms with Crippen LogP contribution in [0, 0.1) is 0 Å². The van der Waals surface area contributed by atoms with Crippen molar-refractivity contribution in [3.05, 3.63) is 29.3 Å². The molecule has 0 aromatic heterocycles. The number of likely N-dealkylation sites (tertiary alicyclic amines) is 1. The molecule has 2 N–H and O–H groups in total. The van der Waals surface area contributed by atoms with Gasteiger partial charge in [-0.2, -0.15) is 0 Å². The molecule has 4 amide bonds. The van der Waals surface area contributed by atoms with Gasteiger partial charge in [-0.15, -0.1) is 0 Å². The summed E-state index contributed by atoms with van der Waals surface area (Å²) >= 11 is 0. The number of aliphatic hydroxyl groups is 1. The van der Waals surface area contributed by atoms with Gasteiger partial charge in [0.2, 0.25) is 0 Å². The van der Waals surface area contributed by atoms with Gasteiger partial charge < -0.3 is 15.3 Å². The number of carbonyl (C=O) groups excluding carboxylic acids is 3. The van der Waals surface area contributed by atoms with Gasteiger partial charge in [0.15, 0.2) is 0 Å². The largest absolute Gasteiger partial charge is 0.396 e. The second kappa shape index (κ2) is 8.53. The van der Waals surface area contributed by atoms with Crippen LogP contribution in [0.3, 0.4) is 0 Å². The Morgan fingerprint density at radius 2 is 1.72 bits per heavy atom. The van der Waals surface area contributed by atoms with Gasteiger partial charge in [0.05, 0.1) is 11.1 Å². The monoisotopic (exact) mass is 399 g/mol. The molecule has 29 heavy (non-hydrogen) atoms. The van der Waals surface area contributed by atoms with E-state index in [1.807, 2.05) is 0 Å². The first-order valence-corrected chi connectivity index (χ1v) is 10.8. The third kappa shape index (κ3) is 3.88. The highest BCUT2D eigenvalue weighted by molar-refractivity contribution is 6.22. The van der Waals surface area contributed by atoms with Gasteiger partial charge in [-0.25, -0.2) is 4.79 Å². The predicted molar refractivity (Wildman–Crippen MR) is 109 cm³/mol. The second-order valence-electron chi connectivity index (χ2n) is 8.32. The number of benzene rings is 1. The molecule has 1 unspecified atom stereocenters. The van der Waals surface area contributed by atoms with Gasteiger partial charge in [0.25, 0.3) is 11.8 Å². The zero-order valence-corrected chi connectivity index (χ0v) is 16.7. The van der Waals surface area contributed by atoms with Gasteiger partial charge in [-0.05, 0) is 56.7 Å². The van der Waals surface area contributed by atoms with Crippen molar-refractivity contribution in [3.63, 3.8) is 0 Å². The molecule has 2 heterocycles. The Labute approximate surface area is 171 Å². The Morgan fingerprint density at radius 3 is 2.48 bits per heavy atom. The first-order chi connectivity index (χ1) is 14.1. The average molecular weight is 399 g/mol. The Morgan fingerprint density at radius 1 is 1.00 bits per heavy atom.